The summed E-state index contributed by atoms with van der Waals surface area (Å²) in [6, 6.07) is 12.8. The molecule has 3 rings (SSSR count). The molecular formula is C23H34IN5O. The van der Waals surface area contributed by atoms with Crippen LogP contribution < -0.4 is 15.4 Å². The van der Waals surface area contributed by atoms with Crippen molar-refractivity contribution in [1.82, 2.24) is 20.5 Å². The molecule has 0 radical (unpaired) electrons. The van der Waals surface area contributed by atoms with Gasteiger partial charge in [-0.15, -0.1) is 24.0 Å². The molecule has 0 amide bonds. The summed E-state index contributed by atoms with van der Waals surface area (Å²) in [5.41, 5.74) is 3.64. The fourth-order valence-electron chi connectivity index (χ4n) is 3.55. The number of hydrogen-bond acceptors (Lipinski definition) is 4. The average molecular weight is 523 g/mol. The van der Waals surface area contributed by atoms with Crippen molar-refractivity contribution in [2.45, 2.75) is 45.8 Å². The van der Waals surface area contributed by atoms with E-state index in [9.17, 15) is 0 Å². The van der Waals surface area contributed by atoms with Crippen molar-refractivity contribution >= 4 is 29.9 Å². The Balaban J connectivity index is 0.00000320. The molecule has 2 heterocycles. The first-order valence-electron chi connectivity index (χ1n) is 10.6. The molecule has 2 aromatic rings. The lowest BCUT2D eigenvalue weighted by molar-refractivity contribution is 0.221. The fraction of sp³-hybridized carbons (Fsp3) is 0.478. The van der Waals surface area contributed by atoms with Crippen LogP contribution in [0.15, 0.2) is 47.6 Å². The van der Waals surface area contributed by atoms with Gasteiger partial charge >= 0.3 is 0 Å². The van der Waals surface area contributed by atoms with Gasteiger partial charge in [-0.3, -0.25) is 9.89 Å². The first-order chi connectivity index (χ1) is 14.3. The van der Waals surface area contributed by atoms with Crippen LogP contribution in [0.25, 0.3) is 0 Å². The summed E-state index contributed by atoms with van der Waals surface area (Å²) < 4.78 is 5.58. The summed E-state index contributed by atoms with van der Waals surface area (Å²) in [4.78, 5) is 11.2. The topological polar surface area (TPSA) is 61.8 Å². The van der Waals surface area contributed by atoms with Crippen LogP contribution in [0.3, 0.4) is 0 Å². The molecule has 1 aliphatic rings. The Morgan fingerprint density at radius 2 is 1.73 bits per heavy atom. The number of nitrogens with one attached hydrogen (secondary N) is 2. The minimum atomic E-state index is 0. The number of likely N-dealkylation sites (tertiary alicyclic amines) is 1. The second-order valence-electron chi connectivity index (χ2n) is 7.33. The molecule has 1 aromatic carbocycles. The number of hydrogen-bond donors (Lipinski definition) is 2. The Bertz CT molecular complexity index is 775. The van der Waals surface area contributed by atoms with Crippen molar-refractivity contribution in [1.29, 1.82) is 0 Å². The van der Waals surface area contributed by atoms with Crippen molar-refractivity contribution in [3.63, 3.8) is 0 Å². The van der Waals surface area contributed by atoms with Crippen molar-refractivity contribution < 1.29 is 4.74 Å². The van der Waals surface area contributed by atoms with Crippen LogP contribution in [0, 0.1) is 0 Å². The number of piperidine rings is 1. The fourth-order valence-corrected chi connectivity index (χ4v) is 3.55. The first-order valence-corrected chi connectivity index (χ1v) is 10.6. The molecule has 1 fully saturated rings. The number of guanidine groups is 1. The van der Waals surface area contributed by atoms with E-state index in [0.717, 1.165) is 24.6 Å². The molecule has 1 aromatic heterocycles. The summed E-state index contributed by atoms with van der Waals surface area (Å²) in [6.45, 7) is 7.42. The number of nitrogens with zero attached hydrogens (tertiary/aromatic N) is 3. The maximum Gasteiger partial charge on any atom is 0.218 e. The zero-order chi connectivity index (χ0) is 20.3. The Hall–Kier alpha value is -1.87. The van der Waals surface area contributed by atoms with Gasteiger partial charge in [0.15, 0.2) is 5.96 Å². The van der Waals surface area contributed by atoms with E-state index in [1.807, 2.05) is 19.1 Å². The maximum atomic E-state index is 5.58. The van der Waals surface area contributed by atoms with Gasteiger partial charge in [-0.25, -0.2) is 4.98 Å². The molecule has 164 valence electrons. The van der Waals surface area contributed by atoms with Gasteiger partial charge in [-0.05, 0) is 50.0 Å². The molecule has 0 spiro atoms. The molecule has 0 unspecified atom stereocenters. The lowest BCUT2D eigenvalue weighted by Crippen LogP contribution is -2.36. The van der Waals surface area contributed by atoms with Crippen LogP contribution in [0.5, 0.6) is 5.88 Å². The molecule has 2 N–H and O–H groups in total. The van der Waals surface area contributed by atoms with Gasteiger partial charge in [0.1, 0.15) is 0 Å². The standard InChI is InChI=1S/C23H33N5O.HI/c1-3-29-22-21(8-7-13-25-22)17-27-23(24-2)26-16-19-9-11-20(12-10-19)18-28-14-5-4-6-15-28;/h7-13H,3-6,14-18H2,1-2H3,(H2,24,26,27);1H. The number of pyridine rings is 1. The van der Waals surface area contributed by atoms with Crippen molar-refractivity contribution in [3.8, 4) is 5.88 Å². The molecule has 0 bridgehead atoms. The highest BCUT2D eigenvalue weighted by Gasteiger charge is 2.10. The summed E-state index contributed by atoms with van der Waals surface area (Å²) in [6.07, 6.45) is 5.79. The molecular weight excluding hydrogens is 489 g/mol. The van der Waals surface area contributed by atoms with Gasteiger partial charge in [-0.1, -0.05) is 36.8 Å². The number of aliphatic imine (C=N–C) groups is 1. The third-order valence-electron chi connectivity index (χ3n) is 5.14. The number of ether oxygens (including phenoxy) is 1. The summed E-state index contributed by atoms with van der Waals surface area (Å²) in [5, 5.41) is 6.71. The van der Waals surface area contributed by atoms with Crippen LogP contribution in [0.1, 0.15) is 42.9 Å². The van der Waals surface area contributed by atoms with E-state index in [0.29, 0.717) is 19.0 Å². The van der Waals surface area contributed by atoms with Gasteiger partial charge < -0.3 is 15.4 Å². The monoisotopic (exact) mass is 523 g/mol. The SMILES string of the molecule is CCOc1ncccc1CNC(=NC)NCc1ccc(CN2CCCCC2)cc1.I. The molecule has 0 saturated carbocycles. The predicted octanol–water partition coefficient (Wildman–Crippen LogP) is 3.95. The second-order valence-corrected chi connectivity index (χ2v) is 7.33. The minimum absolute atomic E-state index is 0. The van der Waals surface area contributed by atoms with Gasteiger partial charge in [-0.2, -0.15) is 0 Å². The molecule has 0 aliphatic carbocycles. The van der Waals surface area contributed by atoms with E-state index in [1.165, 1.54) is 43.5 Å². The first kappa shape index (κ1) is 24.4. The molecule has 6 nitrogen and oxygen atoms in total. The second kappa shape index (κ2) is 13.4. The van der Waals surface area contributed by atoms with E-state index in [1.54, 1.807) is 13.2 Å². The highest BCUT2D eigenvalue weighted by Crippen LogP contribution is 2.14. The van der Waals surface area contributed by atoms with Gasteiger partial charge in [0.2, 0.25) is 5.88 Å². The molecule has 1 aliphatic heterocycles. The third-order valence-corrected chi connectivity index (χ3v) is 5.14. The molecule has 1 saturated heterocycles. The Morgan fingerprint density at radius 3 is 2.43 bits per heavy atom. The van der Waals surface area contributed by atoms with Crippen molar-refractivity contribution in [2.24, 2.45) is 4.99 Å². The average Bonchev–Trinajstić information content (AvgIpc) is 2.77. The number of benzene rings is 1. The Labute approximate surface area is 197 Å². The van der Waals surface area contributed by atoms with Gasteiger partial charge in [0.25, 0.3) is 0 Å². The van der Waals surface area contributed by atoms with E-state index in [2.05, 4.69) is 49.8 Å². The van der Waals surface area contributed by atoms with E-state index in [-0.39, 0.29) is 24.0 Å². The lowest BCUT2D eigenvalue weighted by Gasteiger charge is -2.26. The van der Waals surface area contributed by atoms with Crippen LogP contribution in [0.2, 0.25) is 0 Å². The van der Waals surface area contributed by atoms with Crippen LogP contribution in [-0.4, -0.2) is 42.6 Å². The number of aromatic nitrogens is 1. The van der Waals surface area contributed by atoms with Crippen molar-refractivity contribution in [2.75, 3.05) is 26.7 Å². The number of halogens is 1. The van der Waals surface area contributed by atoms with Crippen molar-refractivity contribution in [3.05, 3.63) is 59.3 Å². The van der Waals surface area contributed by atoms with Crippen LogP contribution in [0.4, 0.5) is 0 Å². The highest BCUT2D eigenvalue weighted by atomic mass is 127. The smallest absolute Gasteiger partial charge is 0.218 e. The Morgan fingerprint density at radius 1 is 1.03 bits per heavy atom. The zero-order valence-corrected chi connectivity index (χ0v) is 20.4. The van der Waals surface area contributed by atoms with E-state index in [4.69, 9.17) is 4.74 Å². The highest BCUT2D eigenvalue weighted by molar-refractivity contribution is 14.0. The molecule has 7 heteroatoms. The summed E-state index contributed by atoms with van der Waals surface area (Å²) in [7, 11) is 1.78. The van der Waals surface area contributed by atoms with Gasteiger partial charge in [0.05, 0.1) is 6.61 Å². The zero-order valence-electron chi connectivity index (χ0n) is 18.1. The summed E-state index contributed by atoms with van der Waals surface area (Å²) >= 11 is 0. The maximum absolute atomic E-state index is 5.58. The normalized spacial score (nSPS) is 14.7. The number of rotatable bonds is 8. The molecule has 30 heavy (non-hydrogen) atoms. The van der Waals surface area contributed by atoms with Crippen LogP contribution in [-0.2, 0) is 19.6 Å². The quantitative estimate of drug-likeness (QED) is 0.312. The third kappa shape index (κ3) is 7.75. The molecule has 0 atom stereocenters. The van der Waals surface area contributed by atoms with Gasteiger partial charge in [0, 0.05) is 38.4 Å². The minimum Gasteiger partial charge on any atom is -0.478 e. The largest absolute Gasteiger partial charge is 0.478 e. The Kier molecular flexibility index (Phi) is 10.9. The summed E-state index contributed by atoms with van der Waals surface area (Å²) in [5.74, 6) is 1.43. The van der Waals surface area contributed by atoms with E-state index >= 15 is 0 Å². The van der Waals surface area contributed by atoms with Crippen LogP contribution >= 0.6 is 24.0 Å². The lowest BCUT2D eigenvalue weighted by atomic mass is 10.1. The predicted molar refractivity (Wildman–Crippen MR) is 133 cm³/mol. The van der Waals surface area contributed by atoms with E-state index < -0.39 is 0 Å².